The van der Waals surface area contributed by atoms with E-state index in [1.165, 1.54) is 5.39 Å². The van der Waals surface area contributed by atoms with Crippen molar-refractivity contribution in [2.24, 2.45) is 0 Å². The van der Waals surface area contributed by atoms with Gasteiger partial charge in [0.2, 0.25) is 0 Å². The van der Waals surface area contributed by atoms with Crippen LogP contribution in [-0.4, -0.2) is 19.5 Å². The second kappa shape index (κ2) is 9.37. The van der Waals surface area contributed by atoms with E-state index in [4.69, 9.17) is 15.2 Å². The lowest BCUT2D eigenvalue weighted by Gasteiger charge is -2.10. The molecule has 7 aromatic rings. The summed E-state index contributed by atoms with van der Waals surface area (Å²) >= 11 is 0. The Morgan fingerprint density at radius 1 is 0.564 bits per heavy atom. The Morgan fingerprint density at radius 2 is 1.28 bits per heavy atom. The van der Waals surface area contributed by atoms with E-state index in [2.05, 4.69) is 58.1 Å². The Morgan fingerprint density at radius 3 is 2.15 bits per heavy atom. The first-order valence-electron chi connectivity index (χ1n) is 12.7. The van der Waals surface area contributed by atoms with Crippen LogP contribution in [0.2, 0.25) is 0 Å². The van der Waals surface area contributed by atoms with Crippen LogP contribution in [0.5, 0.6) is 0 Å². The summed E-state index contributed by atoms with van der Waals surface area (Å²) in [4.78, 5) is 14.4. The summed E-state index contributed by atoms with van der Waals surface area (Å²) in [6, 6.07) is 40.6. The van der Waals surface area contributed by atoms with Crippen LogP contribution in [0.25, 0.3) is 61.4 Å². The summed E-state index contributed by atoms with van der Waals surface area (Å²) in [5.74, 6) is 0.821. The fraction of sp³-hybridized carbons (Fsp3) is 0. The Bertz CT molecular complexity index is 1980. The summed E-state index contributed by atoms with van der Waals surface area (Å²) in [6.45, 7) is 0. The zero-order valence-electron chi connectivity index (χ0n) is 20.9. The predicted octanol–water partition coefficient (Wildman–Crippen LogP) is 7.84. The molecule has 4 heterocycles. The summed E-state index contributed by atoms with van der Waals surface area (Å²) < 4.78 is 2.16. The molecule has 39 heavy (non-hydrogen) atoms. The molecule has 0 radical (unpaired) electrons. The average Bonchev–Trinajstić information content (AvgIpc) is 3.36. The van der Waals surface area contributed by atoms with Gasteiger partial charge < -0.3 is 0 Å². The fourth-order valence-corrected chi connectivity index (χ4v) is 5.09. The standard InChI is InChI=1S/C34H21N5/c35-21-23-14-16-24(17-15-23)25-6-3-7-26(20-25)29-9-4-10-30(37-29)31-11-5-13-34(38-31)39-32-12-2-1-8-27(32)28-18-19-36-22-33(28)39/h1-20,22H. The second-order valence-electron chi connectivity index (χ2n) is 9.30. The number of benzene rings is 3. The van der Waals surface area contributed by atoms with Gasteiger partial charge >= 0.3 is 0 Å². The van der Waals surface area contributed by atoms with Crippen LogP contribution in [0.3, 0.4) is 0 Å². The van der Waals surface area contributed by atoms with Crippen molar-refractivity contribution in [3.63, 3.8) is 0 Å². The Labute approximate surface area is 225 Å². The minimum Gasteiger partial charge on any atom is -0.292 e. The highest BCUT2D eigenvalue weighted by atomic mass is 15.1. The van der Waals surface area contributed by atoms with Gasteiger partial charge in [-0.15, -0.1) is 0 Å². The van der Waals surface area contributed by atoms with Crippen LogP contribution >= 0.6 is 0 Å². The molecule has 0 aliphatic carbocycles. The van der Waals surface area contributed by atoms with Crippen molar-refractivity contribution in [2.45, 2.75) is 0 Å². The maximum Gasteiger partial charge on any atom is 0.138 e. The van der Waals surface area contributed by atoms with Gasteiger partial charge in [0.1, 0.15) is 5.82 Å². The Hall–Kier alpha value is -5.60. The van der Waals surface area contributed by atoms with Crippen molar-refractivity contribution < 1.29 is 0 Å². The van der Waals surface area contributed by atoms with Crippen molar-refractivity contribution in [1.29, 1.82) is 5.26 Å². The summed E-state index contributed by atoms with van der Waals surface area (Å²) in [5, 5.41) is 11.4. The van der Waals surface area contributed by atoms with Gasteiger partial charge in [0.15, 0.2) is 0 Å². The smallest absolute Gasteiger partial charge is 0.138 e. The van der Waals surface area contributed by atoms with E-state index in [1.807, 2.05) is 85.2 Å². The molecule has 4 aromatic heterocycles. The molecule has 5 nitrogen and oxygen atoms in total. The van der Waals surface area contributed by atoms with Crippen molar-refractivity contribution >= 4 is 21.8 Å². The Kier molecular flexibility index (Phi) is 5.42. The molecule has 0 spiro atoms. The molecule has 0 atom stereocenters. The lowest BCUT2D eigenvalue weighted by molar-refractivity contribution is 1.07. The molecule has 0 aliphatic rings. The van der Waals surface area contributed by atoms with Gasteiger partial charge in [0, 0.05) is 22.5 Å². The summed E-state index contributed by atoms with van der Waals surface area (Å²) in [7, 11) is 0. The monoisotopic (exact) mass is 499 g/mol. The van der Waals surface area contributed by atoms with Gasteiger partial charge in [0.25, 0.3) is 0 Å². The zero-order valence-corrected chi connectivity index (χ0v) is 20.9. The molecule has 5 heteroatoms. The van der Waals surface area contributed by atoms with E-state index >= 15 is 0 Å². The highest BCUT2D eigenvalue weighted by Gasteiger charge is 2.14. The minimum absolute atomic E-state index is 0.649. The zero-order chi connectivity index (χ0) is 26.2. The maximum atomic E-state index is 9.11. The van der Waals surface area contributed by atoms with Gasteiger partial charge in [0.05, 0.1) is 45.9 Å². The van der Waals surface area contributed by atoms with Crippen LogP contribution in [-0.2, 0) is 0 Å². The van der Waals surface area contributed by atoms with Gasteiger partial charge in [-0.05, 0) is 65.7 Å². The van der Waals surface area contributed by atoms with Gasteiger partial charge in [-0.2, -0.15) is 5.26 Å². The molecule has 0 bridgehead atoms. The normalized spacial score (nSPS) is 11.1. The number of hydrogen-bond donors (Lipinski definition) is 0. The number of para-hydroxylation sites is 1. The molecular weight excluding hydrogens is 478 g/mol. The number of fused-ring (bicyclic) bond motifs is 3. The molecule has 0 N–H and O–H groups in total. The number of rotatable bonds is 4. The van der Waals surface area contributed by atoms with E-state index in [0.717, 1.165) is 56.0 Å². The third-order valence-corrected chi connectivity index (χ3v) is 6.96. The number of pyridine rings is 3. The van der Waals surface area contributed by atoms with Crippen molar-refractivity contribution in [3.8, 4) is 45.7 Å². The Balaban J connectivity index is 1.29. The summed E-state index contributed by atoms with van der Waals surface area (Å²) in [5.41, 5.74) is 8.38. The molecule has 0 aliphatic heterocycles. The van der Waals surface area contributed by atoms with Crippen LogP contribution < -0.4 is 0 Å². The SMILES string of the molecule is N#Cc1ccc(-c2cccc(-c3cccc(-c4cccc(-n5c6ccccc6c6ccncc65)n4)n3)c2)cc1. The fourth-order valence-electron chi connectivity index (χ4n) is 5.09. The molecule has 182 valence electrons. The highest BCUT2D eigenvalue weighted by molar-refractivity contribution is 6.08. The van der Waals surface area contributed by atoms with E-state index in [0.29, 0.717) is 5.56 Å². The molecule has 0 unspecified atom stereocenters. The quantitative estimate of drug-likeness (QED) is 0.247. The third-order valence-electron chi connectivity index (χ3n) is 6.96. The second-order valence-corrected chi connectivity index (χ2v) is 9.30. The topological polar surface area (TPSA) is 67.4 Å². The minimum atomic E-state index is 0.649. The number of hydrogen-bond acceptors (Lipinski definition) is 4. The third kappa shape index (κ3) is 4.01. The molecule has 0 saturated carbocycles. The average molecular weight is 500 g/mol. The van der Waals surface area contributed by atoms with Crippen LogP contribution in [0, 0.1) is 11.3 Å². The lowest BCUT2D eigenvalue weighted by atomic mass is 10.0. The van der Waals surface area contributed by atoms with E-state index in [-0.39, 0.29) is 0 Å². The van der Waals surface area contributed by atoms with E-state index < -0.39 is 0 Å². The summed E-state index contributed by atoms with van der Waals surface area (Å²) in [6.07, 6.45) is 3.72. The predicted molar refractivity (Wildman–Crippen MR) is 155 cm³/mol. The van der Waals surface area contributed by atoms with Crippen LogP contribution in [0.4, 0.5) is 0 Å². The lowest BCUT2D eigenvalue weighted by Crippen LogP contribution is -1.99. The van der Waals surface area contributed by atoms with Gasteiger partial charge in [-0.25, -0.2) is 9.97 Å². The number of nitriles is 1. The number of aromatic nitrogens is 4. The van der Waals surface area contributed by atoms with Crippen molar-refractivity contribution in [1.82, 2.24) is 19.5 Å². The molecule has 0 fully saturated rings. The molecule has 7 rings (SSSR count). The first kappa shape index (κ1) is 22.6. The first-order valence-corrected chi connectivity index (χ1v) is 12.7. The molecular formula is C34H21N5. The van der Waals surface area contributed by atoms with Crippen molar-refractivity contribution in [2.75, 3.05) is 0 Å². The van der Waals surface area contributed by atoms with Gasteiger partial charge in [-0.3, -0.25) is 9.55 Å². The molecule has 3 aromatic carbocycles. The van der Waals surface area contributed by atoms with Gasteiger partial charge in [-0.1, -0.05) is 60.7 Å². The van der Waals surface area contributed by atoms with Crippen LogP contribution in [0.1, 0.15) is 5.56 Å². The maximum absolute atomic E-state index is 9.11. The first-order chi connectivity index (χ1) is 19.3. The highest BCUT2D eigenvalue weighted by Crippen LogP contribution is 2.32. The number of nitrogens with zero attached hydrogens (tertiary/aromatic N) is 5. The van der Waals surface area contributed by atoms with E-state index in [9.17, 15) is 0 Å². The van der Waals surface area contributed by atoms with Crippen molar-refractivity contribution in [3.05, 3.63) is 133 Å². The molecule has 0 amide bonds. The van der Waals surface area contributed by atoms with E-state index in [1.54, 1.807) is 0 Å². The molecule has 0 saturated heterocycles. The largest absolute Gasteiger partial charge is 0.292 e. The van der Waals surface area contributed by atoms with Crippen LogP contribution in [0.15, 0.2) is 128 Å².